The van der Waals surface area contributed by atoms with Crippen LogP contribution in [0, 0.1) is 0 Å². The van der Waals surface area contributed by atoms with E-state index in [1.165, 1.54) is 17.2 Å². The van der Waals surface area contributed by atoms with Crippen LogP contribution >= 0.6 is 23.2 Å². The highest BCUT2D eigenvalue weighted by atomic mass is 35.5. The average molecular weight is 346 g/mol. The Morgan fingerprint density at radius 3 is 2.83 bits per heavy atom. The van der Waals surface area contributed by atoms with Crippen molar-refractivity contribution in [1.29, 1.82) is 0 Å². The number of hydrogen-bond acceptors (Lipinski definition) is 1. The van der Waals surface area contributed by atoms with Crippen LogP contribution < -0.4 is 5.32 Å². The highest BCUT2D eigenvalue weighted by molar-refractivity contribution is 6.35. The standard InChI is InChI=1S/C19H17Cl2NO/c20-15-10-8-14(17(21)12-15)9-11-19(23)22-18-7-3-5-13-4-1-2-6-16(13)18/h1-2,4,6,8-12,18H,3,5,7H2,(H,22,23)/b11-9+/t18-/m0/s1. The van der Waals surface area contributed by atoms with Crippen molar-refractivity contribution < 1.29 is 4.79 Å². The zero-order valence-corrected chi connectivity index (χ0v) is 14.1. The van der Waals surface area contributed by atoms with Gasteiger partial charge in [0.1, 0.15) is 0 Å². The van der Waals surface area contributed by atoms with Gasteiger partial charge in [0, 0.05) is 16.1 Å². The van der Waals surface area contributed by atoms with Gasteiger partial charge in [-0.1, -0.05) is 53.5 Å². The topological polar surface area (TPSA) is 29.1 Å². The average Bonchev–Trinajstić information content (AvgIpc) is 2.54. The van der Waals surface area contributed by atoms with Gasteiger partial charge in [0.15, 0.2) is 0 Å². The summed E-state index contributed by atoms with van der Waals surface area (Å²) in [5, 5.41) is 4.19. The minimum Gasteiger partial charge on any atom is -0.346 e. The molecule has 1 aliphatic carbocycles. The van der Waals surface area contributed by atoms with Crippen LogP contribution in [0.25, 0.3) is 6.08 Å². The fourth-order valence-electron chi connectivity index (χ4n) is 2.93. The van der Waals surface area contributed by atoms with Gasteiger partial charge >= 0.3 is 0 Å². The number of amides is 1. The zero-order chi connectivity index (χ0) is 16.2. The molecule has 2 aromatic carbocycles. The number of hydrogen-bond donors (Lipinski definition) is 1. The molecular formula is C19H17Cl2NO. The van der Waals surface area contributed by atoms with Crippen molar-refractivity contribution >= 4 is 35.2 Å². The molecule has 0 saturated carbocycles. The lowest BCUT2D eigenvalue weighted by atomic mass is 9.88. The van der Waals surface area contributed by atoms with Gasteiger partial charge < -0.3 is 5.32 Å². The fourth-order valence-corrected chi connectivity index (χ4v) is 3.40. The van der Waals surface area contributed by atoms with E-state index in [0.29, 0.717) is 10.0 Å². The van der Waals surface area contributed by atoms with Crippen LogP contribution in [0.5, 0.6) is 0 Å². The predicted molar refractivity (Wildman–Crippen MR) is 95.8 cm³/mol. The third-order valence-electron chi connectivity index (χ3n) is 4.06. The maximum atomic E-state index is 12.2. The summed E-state index contributed by atoms with van der Waals surface area (Å²) in [5.41, 5.74) is 3.33. The molecule has 1 aliphatic rings. The summed E-state index contributed by atoms with van der Waals surface area (Å²) in [7, 11) is 0. The lowest BCUT2D eigenvalue weighted by molar-refractivity contribution is -0.117. The van der Waals surface area contributed by atoms with Gasteiger partial charge in [0.05, 0.1) is 6.04 Å². The van der Waals surface area contributed by atoms with Crippen molar-refractivity contribution in [2.75, 3.05) is 0 Å². The Bertz CT molecular complexity index is 755. The molecule has 0 fully saturated rings. The molecule has 1 N–H and O–H groups in total. The molecule has 0 aliphatic heterocycles. The van der Waals surface area contributed by atoms with E-state index in [1.807, 2.05) is 12.1 Å². The zero-order valence-electron chi connectivity index (χ0n) is 12.6. The molecule has 1 atom stereocenters. The highest BCUT2D eigenvalue weighted by Crippen LogP contribution is 2.29. The van der Waals surface area contributed by atoms with Gasteiger partial charge in [-0.25, -0.2) is 0 Å². The summed E-state index contributed by atoms with van der Waals surface area (Å²) in [5.74, 6) is -0.113. The van der Waals surface area contributed by atoms with E-state index in [4.69, 9.17) is 23.2 Å². The summed E-state index contributed by atoms with van der Waals surface area (Å²) < 4.78 is 0. The van der Waals surface area contributed by atoms with Gasteiger partial charge in [-0.05, 0) is 54.2 Å². The smallest absolute Gasteiger partial charge is 0.244 e. The second-order valence-corrected chi connectivity index (χ2v) is 6.50. The molecule has 2 aromatic rings. The third kappa shape index (κ3) is 3.95. The largest absolute Gasteiger partial charge is 0.346 e. The number of fused-ring (bicyclic) bond motifs is 1. The van der Waals surface area contributed by atoms with Crippen molar-refractivity contribution in [1.82, 2.24) is 5.32 Å². The molecule has 0 spiro atoms. The van der Waals surface area contributed by atoms with Crippen molar-refractivity contribution in [3.8, 4) is 0 Å². The highest BCUT2D eigenvalue weighted by Gasteiger charge is 2.20. The van der Waals surface area contributed by atoms with Crippen LogP contribution in [0.2, 0.25) is 10.0 Å². The van der Waals surface area contributed by atoms with Crippen molar-refractivity contribution in [2.45, 2.75) is 25.3 Å². The molecule has 0 heterocycles. The molecule has 3 rings (SSSR count). The van der Waals surface area contributed by atoms with Crippen LogP contribution in [0.4, 0.5) is 0 Å². The molecule has 0 unspecified atom stereocenters. The maximum absolute atomic E-state index is 12.2. The number of rotatable bonds is 3. The molecule has 23 heavy (non-hydrogen) atoms. The molecule has 1 amide bonds. The third-order valence-corrected chi connectivity index (χ3v) is 4.63. The molecule has 0 saturated heterocycles. The van der Waals surface area contributed by atoms with E-state index in [-0.39, 0.29) is 11.9 Å². The second-order valence-electron chi connectivity index (χ2n) is 5.65. The van der Waals surface area contributed by atoms with Crippen molar-refractivity contribution in [2.24, 2.45) is 0 Å². The van der Waals surface area contributed by atoms with Gasteiger partial charge in [-0.15, -0.1) is 0 Å². The minimum atomic E-state index is -0.113. The Morgan fingerprint density at radius 1 is 1.17 bits per heavy atom. The Kier molecular flexibility index (Phi) is 5.04. The molecular weight excluding hydrogens is 329 g/mol. The minimum absolute atomic E-state index is 0.0813. The number of halogens is 2. The van der Waals surface area contributed by atoms with Crippen molar-refractivity contribution in [3.05, 3.63) is 75.3 Å². The first-order chi connectivity index (χ1) is 11.1. The number of benzene rings is 2. The van der Waals surface area contributed by atoms with Gasteiger partial charge in [-0.3, -0.25) is 4.79 Å². The van der Waals surface area contributed by atoms with E-state index in [0.717, 1.165) is 24.8 Å². The maximum Gasteiger partial charge on any atom is 0.244 e. The van der Waals surface area contributed by atoms with E-state index >= 15 is 0 Å². The molecule has 0 bridgehead atoms. The summed E-state index contributed by atoms with van der Waals surface area (Å²) >= 11 is 12.0. The second kappa shape index (κ2) is 7.20. The molecule has 118 valence electrons. The van der Waals surface area contributed by atoms with Gasteiger partial charge in [0.25, 0.3) is 0 Å². The summed E-state index contributed by atoms with van der Waals surface area (Å²) in [6, 6.07) is 13.6. The first kappa shape index (κ1) is 16.1. The van der Waals surface area contributed by atoms with Crippen molar-refractivity contribution in [3.63, 3.8) is 0 Å². The summed E-state index contributed by atoms with van der Waals surface area (Å²) in [6.45, 7) is 0. The Balaban J connectivity index is 1.69. The lowest BCUT2D eigenvalue weighted by Gasteiger charge is -2.25. The monoisotopic (exact) mass is 345 g/mol. The normalized spacial score (nSPS) is 17.0. The Labute approximate surface area is 146 Å². The number of carbonyl (C=O) groups is 1. The predicted octanol–water partition coefficient (Wildman–Crippen LogP) is 5.20. The van der Waals surface area contributed by atoms with Crippen LogP contribution in [0.3, 0.4) is 0 Å². The van der Waals surface area contributed by atoms with E-state index in [2.05, 4.69) is 17.4 Å². The summed E-state index contributed by atoms with van der Waals surface area (Å²) in [4.78, 5) is 12.2. The number of nitrogens with one attached hydrogen (secondary N) is 1. The SMILES string of the molecule is O=C(/C=C/c1ccc(Cl)cc1Cl)N[C@H]1CCCc2ccccc21. The first-order valence-corrected chi connectivity index (χ1v) is 8.40. The van der Waals surface area contributed by atoms with E-state index in [9.17, 15) is 4.79 Å². The molecule has 0 aromatic heterocycles. The van der Waals surface area contributed by atoms with Gasteiger partial charge in [-0.2, -0.15) is 0 Å². The molecule has 4 heteroatoms. The van der Waals surface area contributed by atoms with Crippen LogP contribution in [0.1, 0.15) is 35.6 Å². The Hall–Kier alpha value is -1.77. The molecule has 0 radical (unpaired) electrons. The van der Waals surface area contributed by atoms with Crippen LogP contribution in [0.15, 0.2) is 48.5 Å². The van der Waals surface area contributed by atoms with Crippen LogP contribution in [-0.4, -0.2) is 5.91 Å². The summed E-state index contributed by atoms with van der Waals surface area (Å²) in [6.07, 6.45) is 6.38. The van der Waals surface area contributed by atoms with Gasteiger partial charge in [0.2, 0.25) is 5.91 Å². The first-order valence-electron chi connectivity index (χ1n) is 7.65. The fraction of sp³-hybridized carbons (Fsp3) is 0.211. The van der Waals surface area contributed by atoms with E-state index in [1.54, 1.807) is 24.3 Å². The van der Waals surface area contributed by atoms with Crippen LogP contribution in [-0.2, 0) is 11.2 Å². The number of carbonyl (C=O) groups excluding carboxylic acids is 1. The number of aryl methyl sites for hydroxylation is 1. The van der Waals surface area contributed by atoms with E-state index < -0.39 is 0 Å². The lowest BCUT2D eigenvalue weighted by Crippen LogP contribution is -2.29. The molecule has 2 nitrogen and oxygen atoms in total. The quantitative estimate of drug-likeness (QED) is 0.761. The Morgan fingerprint density at radius 2 is 2.00 bits per heavy atom.